The summed E-state index contributed by atoms with van der Waals surface area (Å²) in [4.78, 5) is 28.1. The first-order chi connectivity index (χ1) is 15.0. The predicted molar refractivity (Wildman–Crippen MR) is 123 cm³/mol. The first kappa shape index (κ1) is 21.0. The molecule has 8 heteroatoms. The molecule has 2 aromatic carbocycles. The Morgan fingerprint density at radius 2 is 1.97 bits per heavy atom. The third-order valence-electron chi connectivity index (χ3n) is 5.15. The molecule has 2 amide bonds. The average Bonchev–Trinajstić information content (AvgIpc) is 3.45. The second-order valence-electron chi connectivity index (χ2n) is 7.48. The highest BCUT2D eigenvalue weighted by Crippen LogP contribution is 2.28. The Hall–Kier alpha value is -3.20. The van der Waals surface area contributed by atoms with Crippen molar-refractivity contribution in [1.82, 2.24) is 4.90 Å². The zero-order chi connectivity index (χ0) is 21.8. The molecule has 0 spiro atoms. The third kappa shape index (κ3) is 5.11. The molecule has 7 nitrogen and oxygen atoms in total. The van der Waals surface area contributed by atoms with Gasteiger partial charge in [-0.1, -0.05) is 18.2 Å². The lowest BCUT2D eigenvalue weighted by Crippen LogP contribution is -2.37. The van der Waals surface area contributed by atoms with Crippen LogP contribution in [0.5, 0.6) is 0 Å². The summed E-state index contributed by atoms with van der Waals surface area (Å²) in [5, 5.41) is 5.83. The van der Waals surface area contributed by atoms with E-state index in [1.807, 2.05) is 42.8 Å². The lowest BCUT2D eigenvalue weighted by Gasteiger charge is -2.18. The summed E-state index contributed by atoms with van der Waals surface area (Å²) in [6.07, 6.45) is 0.240. The van der Waals surface area contributed by atoms with E-state index in [1.165, 1.54) is 0 Å². The summed E-state index contributed by atoms with van der Waals surface area (Å²) in [5.41, 5.74) is 2.57. The normalized spacial score (nSPS) is 16.1. The topological polar surface area (TPSA) is 87.9 Å². The van der Waals surface area contributed by atoms with Gasteiger partial charge in [-0.15, -0.1) is 11.3 Å². The minimum absolute atomic E-state index is 0.0957. The first-order valence-corrected chi connectivity index (χ1v) is 10.9. The van der Waals surface area contributed by atoms with Crippen molar-refractivity contribution in [2.45, 2.75) is 12.5 Å². The van der Waals surface area contributed by atoms with E-state index in [-0.39, 0.29) is 12.0 Å². The number of likely N-dealkylation sites (N-methyl/N-ethyl adjacent to an activating group) is 1. The molecule has 1 unspecified atom stereocenters. The molecule has 0 saturated carbocycles. The quantitative estimate of drug-likeness (QED) is 0.356. The molecular formula is C23H24N4O3S. The number of benzene rings is 2. The number of nitrogens with one attached hydrogen (secondary N) is 1. The number of ether oxygens (including phenoxy) is 1. The van der Waals surface area contributed by atoms with Crippen LogP contribution in [0.2, 0.25) is 0 Å². The summed E-state index contributed by atoms with van der Waals surface area (Å²) in [5.74, 6) is 5.77. The molecule has 3 aromatic rings. The number of nitrogens with zero attached hydrogens (tertiary/aromatic N) is 2. The van der Waals surface area contributed by atoms with Crippen LogP contribution in [0.15, 0.2) is 66.0 Å². The van der Waals surface area contributed by atoms with Gasteiger partial charge in [0.05, 0.1) is 5.69 Å². The molecule has 1 atom stereocenters. The summed E-state index contributed by atoms with van der Waals surface area (Å²) in [7, 11) is 2.00. The maximum atomic E-state index is 12.8. The van der Waals surface area contributed by atoms with Crippen LogP contribution in [-0.4, -0.2) is 43.1 Å². The third-order valence-corrected chi connectivity index (χ3v) is 6.07. The van der Waals surface area contributed by atoms with Crippen molar-refractivity contribution >= 4 is 34.7 Å². The molecule has 3 N–H and O–H groups in total. The fourth-order valence-electron chi connectivity index (χ4n) is 3.49. The van der Waals surface area contributed by atoms with E-state index in [0.29, 0.717) is 16.9 Å². The van der Waals surface area contributed by atoms with Crippen molar-refractivity contribution in [3.63, 3.8) is 0 Å². The standard InChI is InChI=1S/C23H24N4O3S/c1-26-12-11-20(15-26)30-23(29)25-18-9-7-16(8-10-18)22(28)27(24)19-5-2-4-17(14-19)21-6-3-13-31-21/h2-10,13-14,20H,11-12,15,24H2,1H3,(H,25,29). The summed E-state index contributed by atoms with van der Waals surface area (Å²) in [6, 6.07) is 18.1. The van der Waals surface area contributed by atoms with Crippen LogP contribution >= 0.6 is 11.3 Å². The number of likely N-dealkylation sites (tertiary alicyclic amines) is 1. The van der Waals surface area contributed by atoms with Crippen molar-refractivity contribution in [3.05, 3.63) is 71.6 Å². The van der Waals surface area contributed by atoms with Gasteiger partial charge in [0, 0.05) is 29.2 Å². The van der Waals surface area contributed by atoms with Gasteiger partial charge in [0.15, 0.2) is 0 Å². The minimum Gasteiger partial charge on any atom is -0.445 e. The zero-order valence-corrected chi connectivity index (χ0v) is 18.0. The lowest BCUT2D eigenvalue weighted by molar-refractivity contribution is 0.0986. The van der Waals surface area contributed by atoms with E-state index in [4.69, 9.17) is 10.6 Å². The van der Waals surface area contributed by atoms with Crippen LogP contribution in [0.3, 0.4) is 0 Å². The Morgan fingerprint density at radius 1 is 1.16 bits per heavy atom. The van der Waals surface area contributed by atoms with Crippen molar-refractivity contribution in [3.8, 4) is 10.4 Å². The van der Waals surface area contributed by atoms with Crippen LogP contribution in [0.1, 0.15) is 16.8 Å². The molecule has 1 aliphatic rings. The number of rotatable bonds is 5. The second-order valence-corrected chi connectivity index (χ2v) is 8.43. The second kappa shape index (κ2) is 9.30. The van der Waals surface area contributed by atoms with Crippen LogP contribution in [0.25, 0.3) is 10.4 Å². The van der Waals surface area contributed by atoms with Gasteiger partial charge >= 0.3 is 6.09 Å². The SMILES string of the molecule is CN1CCC(OC(=O)Nc2ccc(C(=O)N(N)c3cccc(-c4cccs4)c3)cc2)C1. The number of amides is 2. The Labute approximate surface area is 185 Å². The van der Waals surface area contributed by atoms with Gasteiger partial charge in [-0.05, 0) is 66.9 Å². The molecular weight excluding hydrogens is 412 g/mol. The van der Waals surface area contributed by atoms with Gasteiger partial charge in [0.2, 0.25) is 0 Å². The zero-order valence-electron chi connectivity index (χ0n) is 17.2. The highest BCUT2D eigenvalue weighted by Gasteiger charge is 2.23. The highest BCUT2D eigenvalue weighted by molar-refractivity contribution is 7.13. The smallest absolute Gasteiger partial charge is 0.411 e. The summed E-state index contributed by atoms with van der Waals surface area (Å²) in [6.45, 7) is 1.65. The number of nitrogens with two attached hydrogens (primary N) is 1. The van der Waals surface area contributed by atoms with E-state index < -0.39 is 6.09 Å². The maximum Gasteiger partial charge on any atom is 0.411 e. The van der Waals surface area contributed by atoms with Crippen LogP contribution < -0.4 is 16.2 Å². The maximum absolute atomic E-state index is 12.8. The fraction of sp³-hybridized carbons (Fsp3) is 0.217. The Balaban J connectivity index is 1.39. The monoisotopic (exact) mass is 436 g/mol. The molecule has 0 bridgehead atoms. The molecule has 31 heavy (non-hydrogen) atoms. The Morgan fingerprint density at radius 3 is 2.65 bits per heavy atom. The molecule has 1 aromatic heterocycles. The van der Waals surface area contributed by atoms with E-state index in [9.17, 15) is 9.59 Å². The van der Waals surface area contributed by atoms with E-state index in [2.05, 4.69) is 10.2 Å². The largest absolute Gasteiger partial charge is 0.445 e. The number of hydrazine groups is 1. The lowest BCUT2D eigenvalue weighted by atomic mass is 10.1. The first-order valence-electron chi connectivity index (χ1n) is 9.99. The molecule has 2 heterocycles. The van der Waals surface area contributed by atoms with Gasteiger partial charge in [0.1, 0.15) is 6.10 Å². The van der Waals surface area contributed by atoms with E-state index in [1.54, 1.807) is 41.7 Å². The van der Waals surface area contributed by atoms with E-state index >= 15 is 0 Å². The molecule has 160 valence electrons. The number of anilines is 2. The average molecular weight is 437 g/mol. The summed E-state index contributed by atoms with van der Waals surface area (Å²) >= 11 is 1.63. The highest BCUT2D eigenvalue weighted by atomic mass is 32.1. The van der Waals surface area contributed by atoms with Gasteiger partial charge in [-0.3, -0.25) is 10.1 Å². The van der Waals surface area contributed by atoms with Crippen LogP contribution in [0, 0.1) is 0 Å². The van der Waals surface area contributed by atoms with Gasteiger partial charge in [-0.2, -0.15) is 0 Å². The van der Waals surface area contributed by atoms with Crippen LogP contribution in [0.4, 0.5) is 16.2 Å². The fourth-order valence-corrected chi connectivity index (χ4v) is 4.22. The summed E-state index contributed by atoms with van der Waals surface area (Å²) < 4.78 is 5.42. The molecule has 0 aliphatic carbocycles. The molecule has 1 fully saturated rings. The Kier molecular flexibility index (Phi) is 6.31. The van der Waals surface area contributed by atoms with Crippen molar-refractivity contribution in [2.24, 2.45) is 5.84 Å². The Bertz CT molecular complexity index is 1050. The van der Waals surface area contributed by atoms with Gasteiger partial charge in [-0.25, -0.2) is 15.6 Å². The number of hydrogen-bond acceptors (Lipinski definition) is 6. The number of thiophene rings is 1. The van der Waals surface area contributed by atoms with Gasteiger partial charge < -0.3 is 9.64 Å². The molecule has 1 saturated heterocycles. The van der Waals surface area contributed by atoms with Crippen molar-refractivity contribution in [2.75, 3.05) is 30.5 Å². The number of carbonyl (C=O) groups excluding carboxylic acids is 2. The van der Waals surface area contributed by atoms with Crippen molar-refractivity contribution < 1.29 is 14.3 Å². The van der Waals surface area contributed by atoms with Crippen LogP contribution in [-0.2, 0) is 4.74 Å². The number of hydrogen-bond donors (Lipinski definition) is 2. The molecule has 0 radical (unpaired) electrons. The van der Waals surface area contributed by atoms with E-state index in [0.717, 1.165) is 35.0 Å². The predicted octanol–water partition coefficient (Wildman–Crippen LogP) is 4.19. The molecule has 4 rings (SSSR count). The number of carbonyl (C=O) groups is 2. The van der Waals surface area contributed by atoms with Crippen molar-refractivity contribution in [1.29, 1.82) is 0 Å². The molecule has 1 aliphatic heterocycles. The van der Waals surface area contributed by atoms with Gasteiger partial charge in [0.25, 0.3) is 5.91 Å². The minimum atomic E-state index is -0.495.